The molecule has 20 heavy (non-hydrogen) atoms. The van der Waals surface area contributed by atoms with E-state index in [4.69, 9.17) is 4.74 Å². The molecule has 0 spiro atoms. The van der Waals surface area contributed by atoms with E-state index in [2.05, 4.69) is 12.2 Å². The first-order valence-electron chi connectivity index (χ1n) is 8.29. The maximum absolute atomic E-state index is 12.4. The van der Waals surface area contributed by atoms with Gasteiger partial charge in [-0.2, -0.15) is 0 Å². The van der Waals surface area contributed by atoms with Crippen LogP contribution in [0, 0.1) is 0 Å². The number of nitrogens with one attached hydrogen (secondary N) is 1. The number of rotatable bonds is 4. The van der Waals surface area contributed by atoms with E-state index in [0.29, 0.717) is 42.7 Å². The van der Waals surface area contributed by atoms with Gasteiger partial charge in [-0.15, -0.1) is 0 Å². The highest BCUT2D eigenvalue weighted by molar-refractivity contribution is 5.76. The van der Waals surface area contributed by atoms with Crippen molar-refractivity contribution < 1.29 is 9.53 Å². The highest BCUT2D eigenvalue weighted by Gasteiger charge is 2.36. The molecule has 0 aromatic heterocycles. The zero-order chi connectivity index (χ0) is 14.1. The van der Waals surface area contributed by atoms with Crippen LogP contribution in [0.2, 0.25) is 0 Å². The van der Waals surface area contributed by atoms with Crippen molar-refractivity contribution in [3.63, 3.8) is 0 Å². The van der Waals surface area contributed by atoms with Crippen molar-refractivity contribution in [1.29, 1.82) is 0 Å². The second-order valence-electron chi connectivity index (χ2n) is 6.95. The number of carbonyl (C=O) groups is 1. The number of fused-ring (bicyclic) bond motifs is 2. The van der Waals surface area contributed by atoms with Gasteiger partial charge in [0.25, 0.3) is 0 Å². The summed E-state index contributed by atoms with van der Waals surface area (Å²) in [6.45, 7) is 2.12. The Labute approximate surface area is 122 Å². The van der Waals surface area contributed by atoms with E-state index in [1.807, 2.05) is 11.9 Å². The lowest BCUT2D eigenvalue weighted by atomic mass is 9.98. The summed E-state index contributed by atoms with van der Waals surface area (Å²) in [5.74, 6) is 0.305. The Kier molecular flexibility index (Phi) is 4.32. The van der Waals surface area contributed by atoms with Gasteiger partial charge in [-0.1, -0.05) is 0 Å². The number of hydrogen-bond donors (Lipinski definition) is 1. The van der Waals surface area contributed by atoms with E-state index in [9.17, 15) is 4.79 Å². The molecular formula is C16H28N2O2. The summed E-state index contributed by atoms with van der Waals surface area (Å²) in [7, 11) is 2.00. The molecule has 3 fully saturated rings. The number of ether oxygens (including phenoxy) is 1. The number of hydrogen-bond acceptors (Lipinski definition) is 3. The van der Waals surface area contributed by atoms with Gasteiger partial charge in [-0.3, -0.25) is 4.79 Å². The molecule has 1 N–H and O–H groups in total. The summed E-state index contributed by atoms with van der Waals surface area (Å²) < 4.78 is 5.80. The van der Waals surface area contributed by atoms with Crippen LogP contribution in [0.4, 0.5) is 0 Å². The Morgan fingerprint density at radius 3 is 2.50 bits per heavy atom. The van der Waals surface area contributed by atoms with Crippen molar-refractivity contribution in [2.24, 2.45) is 0 Å². The average molecular weight is 280 g/mol. The second-order valence-corrected chi connectivity index (χ2v) is 6.95. The molecule has 114 valence electrons. The zero-order valence-corrected chi connectivity index (χ0v) is 12.8. The monoisotopic (exact) mass is 280 g/mol. The average Bonchev–Trinajstić information content (AvgIpc) is 3.01. The second kappa shape index (κ2) is 6.02. The van der Waals surface area contributed by atoms with Gasteiger partial charge in [-0.05, 0) is 51.9 Å². The van der Waals surface area contributed by atoms with Gasteiger partial charge in [0.15, 0.2) is 0 Å². The third-order valence-corrected chi connectivity index (χ3v) is 5.39. The first kappa shape index (κ1) is 14.3. The lowest BCUT2D eigenvalue weighted by Gasteiger charge is -2.35. The van der Waals surface area contributed by atoms with Gasteiger partial charge in [0, 0.05) is 31.6 Å². The number of carbonyl (C=O) groups excluding carboxylic acids is 1. The molecule has 3 aliphatic heterocycles. The lowest BCUT2D eigenvalue weighted by molar-refractivity contribution is -0.133. The van der Waals surface area contributed by atoms with Crippen molar-refractivity contribution in [2.75, 3.05) is 7.05 Å². The largest absolute Gasteiger partial charge is 0.375 e. The maximum atomic E-state index is 12.4. The Hall–Kier alpha value is -0.610. The Bertz CT molecular complexity index is 348. The fourth-order valence-corrected chi connectivity index (χ4v) is 4.11. The molecule has 2 bridgehead atoms. The van der Waals surface area contributed by atoms with Gasteiger partial charge < -0.3 is 15.0 Å². The molecule has 3 aliphatic rings. The molecule has 4 atom stereocenters. The molecule has 4 nitrogen and oxygen atoms in total. The highest BCUT2D eigenvalue weighted by atomic mass is 16.5. The van der Waals surface area contributed by atoms with Gasteiger partial charge in [0.1, 0.15) is 0 Å². The van der Waals surface area contributed by atoms with E-state index in [1.165, 1.54) is 12.8 Å². The smallest absolute Gasteiger partial charge is 0.222 e. The lowest BCUT2D eigenvalue weighted by Crippen LogP contribution is -2.48. The quantitative estimate of drug-likeness (QED) is 0.857. The van der Waals surface area contributed by atoms with Gasteiger partial charge in [0.2, 0.25) is 5.91 Å². The van der Waals surface area contributed by atoms with E-state index in [1.54, 1.807) is 0 Å². The first-order chi connectivity index (χ1) is 9.61. The van der Waals surface area contributed by atoms with Crippen LogP contribution in [0.1, 0.15) is 58.3 Å². The standard InChI is InChI=1S/C16H28N2O2/c1-11-3-6-15(20-11)7-8-16(19)18(2)14-9-12-4-5-13(10-14)17-12/h11-15,17H,3-10H2,1-2H3. The van der Waals surface area contributed by atoms with Gasteiger partial charge in [0.05, 0.1) is 12.2 Å². The predicted molar refractivity (Wildman–Crippen MR) is 78.5 cm³/mol. The van der Waals surface area contributed by atoms with Gasteiger partial charge >= 0.3 is 0 Å². The Morgan fingerprint density at radius 2 is 1.90 bits per heavy atom. The Morgan fingerprint density at radius 1 is 1.20 bits per heavy atom. The van der Waals surface area contributed by atoms with Crippen LogP contribution >= 0.6 is 0 Å². The first-order valence-corrected chi connectivity index (χ1v) is 8.29. The minimum Gasteiger partial charge on any atom is -0.375 e. The molecule has 0 aromatic carbocycles. The minimum atomic E-state index is 0.305. The summed E-state index contributed by atoms with van der Waals surface area (Å²) in [5.41, 5.74) is 0. The molecule has 4 heteroatoms. The molecule has 0 aromatic rings. The number of nitrogens with zero attached hydrogens (tertiary/aromatic N) is 1. The van der Waals surface area contributed by atoms with E-state index in [0.717, 1.165) is 32.1 Å². The summed E-state index contributed by atoms with van der Waals surface area (Å²) in [4.78, 5) is 14.4. The van der Waals surface area contributed by atoms with Crippen LogP contribution < -0.4 is 5.32 Å². The predicted octanol–water partition coefficient (Wildman–Crippen LogP) is 2.08. The molecule has 1 amide bonds. The molecular weight excluding hydrogens is 252 g/mol. The molecule has 3 saturated heterocycles. The fraction of sp³-hybridized carbons (Fsp3) is 0.938. The van der Waals surface area contributed by atoms with Crippen molar-refractivity contribution in [3.8, 4) is 0 Å². The molecule has 3 rings (SSSR count). The molecule has 0 aliphatic carbocycles. The fourth-order valence-electron chi connectivity index (χ4n) is 4.11. The van der Waals surface area contributed by atoms with Crippen LogP contribution in [0.15, 0.2) is 0 Å². The SMILES string of the molecule is CC1CCC(CCC(=O)N(C)C2CC3CCC(C2)N3)O1. The third kappa shape index (κ3) is 3.17. The van der Waals surface area contributed by atoms with E-state index < -0.39 is 0 Å². The summed E-state index contributed by atoms with van der Waals surface area (Å²) >= 11 is 0. The molecule has 3 heterocycles. The van der Waals surface area contributed by atoms with Crippen molar-refractivity contribution >= 4 is 5.91 Å². The van der Waals surface area contributed by atoms with Gasteiger partial charge in [-0.25, -0.2) is 0 Å². The van der Waals surface area contributed by atoms with Crippen LogP contribution in [0.3, 0.4) is 0 Å². The zero-order valence-electron chi connectivity index (χ0n) is 12.8. The third-order valence-electron chi connectivity index (χ3n) is 5.39. The van der Waals surface area contributed by atoms with Crippen LogP contribution in [0.25, 0.3) is 0 Å². The van der Waals surface area contributed by atoms with Crippen molar-refractivity contribution in [2.45, 2.75) is 88.6 Å². The van der Waals surface area contributed by atoms with Crippen LogP contribution in [0.5, 0.6) is 0 Å². The van der Waals surface area contributed by atoms with Crippen LogP contribution in [-0.2, 0) is 9.53 Å². The normalized spacial score (nSPS) is 40.0. The maximum Gasteiger partial charge on any atom is 0.222 e. The molecule has 0 saturated carbocycles. The number of amides is 1. The van der Waals surface area contributed by atoms with Crippen molar-refractivity contribution in [3.05, 3.63) is 0 Å². The summed E-state index contributed by atoms with van der Waals surface area (Å²) in [5, 5.41) is 3.64. The van der Waals surface area contributed by atoms with E-state index >= 15 is 0 Å². The van der Waals surface area contributed by atoms with Crippen molar-refractivity contribution in [1.82, 2.24) is 10.2 Å². The molecule has 0 radical (unpaired) electrons. The summed E-state index contributed by atoms with van der Waals surface area (Å²) in [6.07, 6.45) is 9.35. The molecule has 4 unspecified atom stereocenters. The number of piperidine rings is 1. The Balaban J connectivity index is 1.44. The summed E-state index contributed by atoms with van der Waals surface area (Å²) in [6, 6.07) is 1.74. The minimum absolute atomic E-state index is 0.305. The highest BCUT2D eigenvalue weighted by Crippen LogP contribution is 2.30. The van der Waals surface area contributed by atoms with E-state index in [-0.39, 0.29) is 0 Å². The van der Waals surface area contributed by atoms with Crippen LogP contribution in [-0.4, -0.2) is 48.2 Å². The topological polar surface area (TPSA) is 41.6 Å².